The maximum Gasteiger partial charge on any atom is 0.113 e. The van der Waals surface area contributed by atoms with Crippen molar-refractivity contribution in [3.8, 4) is 0 Å². The number of hydrogen-bond acceptors (Lipinski definition) is 3. The highest BCUT2D eigenvalue weighted by atomic mass is 15.1. The van der Waals surface area contributed by atoms with Gasteiger partial charge in [0.1, 0.15) is 11.3 Å². The Morgan fingerprint density at radius 3 is 2.76 bits per heavy atom. The van der Waals surface area contributed by atoms with E-state index in [-0.39, 0.29) is 0 Å². The fraction of sp³-hybridized carbons (Fsp3) is 0.538. The number of rotatable bonds is 4. The van der Waals surface area contributed by atoms with Crippen LogP contribution >= 0.6 is 0 Å². The van der Waals surface area contributed by atoms with Crippen molar-refractivity contribution in [2.24, 2.45) is 5.73 Å². The third-order valence-corrected chi connectivity index (χ3v) is 3.08. The summed E-state index contributed by atoms with van der Waals surface area (Å²) in [6, 6.07) is 2.43. The lowest BCUT2D eigenvalue weighted by Gasteiger charge is -2.17. The number of pyridine rings is 1. The van der Waals surface area contributed by atoms with Crippen LogP contribution < -0.4 is 5.73 Å². The highest BCUT2D eigenvalue weighted by Gasteiger charge is 2.17. The molecule has 0 bridgehead atoms. The highest BCUT2D eigenvalue weighted by molar-refractivity contribution is 5.75. The second-order valence-corrected chi connectivity index (χ2v) is 4.78. The van der Waals surface area contributed by atoms with Gasteiger partial charge in [-0.2, -0.15) is 0 Å². The predicted molar refractivity (Wildman–Crippen MR) is 70.0 cm³/mol. The third kappa shape index (κ3) is 2.17. The monoisotopic (exact) mass is 232 g/mol. The van der Waals surface area contributed by atoms with Gasteiger partial charge in [0.05, 0.1) is 11.7 Å². The minimum absolute atomic E-state index is 0.384. The van der Waals surface area contributed by atoms with E-state index in [1.54, 1.807) is 0 Å². The summed E-state index contributed by atoms with van der Waals surface area (Å²) in [5.74, 6) is 1.50. The zero-order valence-corrected chi connectivity index (χ0v) is 10.7. The summed E-state index contributed by atoms with van der Waals surface area (Å²) in [7, 11) is 0. The van der Waals surface area contributed by atoms with Crippen molar-refractivity contribution in [2.45, 2.75) is 39.2 Å². The molecule has 0 aliphatic rings. The fourth-order valence-corrected chi connectivity index (χ4v) is 2.24. The Bertz CT molecular complexity index is 501. The molecule has 1 atom stereocenters. The topological polar surface area (TPSA) is 56.7 Å². The quantitative estimate of drug-likeness (QED) is 0.881. The van der Waals surface area contributed by atoms with Gasteiger partial charge in [-0.25, -0.2) is 4.98 Å². The molecule has 4 heteroatoms. The second kappa shape index (κ2) is 4.84. The molecule has 0 aliphatic carbocycles. The maximum absolute atomic E-state index is 5.64. The summed E-state index contributed by atoms with van der Waals surface area (Å²) >= 11 is 0. The third-order valence-electron chi connectivity index (χ3n) is 3.08. The van der Waals surface area contributed by atoms with E-state index in [0.29, 0.717) is 18.5 Å². The number of nitrogens with zero attached hydrogens (tertiary/aromatic N) is 3. The fourth-order valence-electron chi connectivity index (χ4n) is 2.24. The van der Waals surface area contributed by atoms with E-state index in [9.17, 15) is 0 Å². The zero-order chi connectivity index (χ0) is 12.4. The Balaban J connectivity index is 2.57. The Labute approximate surface area is 102 Å². The van der Waals surface area contributed by atoms with Crippen molar-refractivity contribution in [3.63, 3.8) is 0 Å². The average Bonchev–Trinajstić information content (AvgIpc) is 2.68. The average molecular weight is 232 g/mol. The van der Waals surface area contributed by atoms with E-state index < -0.39 is 0 Å². The minimum atomic E-state index is 0.384. The van der Waals surface area contributed by atoms with E-state index in [2.05, 4.69) is 30.3 Å². The molecular weight excluding hydrogens is 212 g/mol. The van der Waals surface area contributed by atoms with Crippen molar-refractivity contribution >= 4 is 11.0 Å². The molecular formula is C13H20N4. The standard InChI is InChI=1S/C13H20N4/c1-9(2)17-12-5-7-15-8-11(12)16-13(17)10(3)4-6-14/h5,7-10H,4,6,14H2,1-3H3. The first-order chi connectivity index (χ1) is 8.15. The van der Waals surface area contributed by atoms with Crippen molar-refractivity contribution < 1.29 is 0 Å². The Morgan fingerprint density at radius 2 is 2.12 bits per heavy atom. The molecule has 2 rings (SSSR count). The minimum Gasteiger partial charge on any atom is -0.330 e. The van der Waals surface area contributed by atoms with Crippen LogP contribution in [0, 0.1) is 0 Å². The molecule has 0 saturated carbocycles. The van der Waals surface area contributed by atoms with Gasteiger partial charge in [-0.15, -0.1) is 0 Å². The van der Waals surface area contributed by atoms with Gasteiger partial charge in [0.15, 0.2) is 0 Å². The number of nitrogens with two attached hydrogens (primary N) is 1. The van der Waals surface area contributed by atoms with E-state index in [0.717, 1.165) is 23.3 Å². The summed E-state index contributed by atoms with van der Waals surface area (Å²) in [5.41, 5.74) is 7.77. The normalized spacial score (nSPS) is 13.5. The Morgan fingerprint density at radius 1 is 1.35 bits per heavy atom. The molecule has 0 aromatic carbocycles. The summed E-state index contributed by atoms with van der Waals surface area (Å²) < 4.78 is 2.29. The van der Waals surface area contributed by atoms with Crippen molar-refractivity contribution in [2.75, 3.05) is 6.54 Å². The van der Waals surface area contributed by atoms with Gasteiger partial charge in [0.25, 0.3) is 0 Å². The molecule has 17 heavy (non-hydrogen) atoms. The lowest BCUT2D eigenvalue weighted by Crippen LogP contribution is -2.12. The largest absolute Gasteiger partial charge is 0.330 e. The van der Waals surface area contributed by atoms with E-state index in [4.69, 9.17) is 10.7 Å². The number of aromatic nitrogens is 3. The first-order valence-electron chi connectivity index (χ1n) is 6.17. The predicted octanol–water partition coefficient (Wildman–Crippen LogP) is 2.46. The van der Waals surface area contributed by atoms with Crippen LogP contribution in [-0.2, 0) is 0 Å². The van der Waals surface area contributed by atoms with Crippen LogP contribution in [0.25, 0.3) is 11.0 Å². The van der Waals surface area contributed by atoms with Crippen LogP contribution in [0.4, 0.5) is 0 Å². The molecule has 0 amide bonds. The van der Waals surface area contributed by atoms with Crippen LogP contribution in [0.2, 0.25) is 0 Å². The van der Waals surface area contributed by atoms with E-state index in [1.165, 1.54) is 0 Å². The van der Waals surface area contributed by atoms with Gasteiger partial charge in [-0.05, 0) is 32.9 Å². The first-order valence-corrected chi connectivity index (χ1v) is 6.17. The van der Waals surface area contributed by atoms with Crippen LogP contribution in [0.1, 0.15) is 45.0 Å². The molecule has 2 N–H and O–H groups in total. The second-order valence-electron chi connectivity index (χ2n) is 4.78. The molecule has 0 aliphatic heterocycles. The molecule has 2 aromatic rings. The van der Waals surface area contributed by atoms with Gasteiger partial charge < -0.3 is 10.3 Å². The van der Waals surface area contributed by atoms with Crippen LogP contribution in [-0.4, -0.2) is 21.1 Å². The van der Waals surface area contributed by atoms with Crippen LogP contribution in [0.5, 0.6) is 0 Å². The molecule has 0 spiro atoms. The summed E-state index contributed by atoms with van der Waals surface area (Å²) in [6.07, 6.45) is 4.61. The zero-order valence-electron chi connectivity index (χ0n) is 10.7. The Hall–Kier alpha value is -1.42. The first kappa shape index (κ1) is 12.0. The van der Waals surface area contributed by atoms with Gasteiger partial charge in [-0.3, -0.25) is 4.98 Å². The number of imidazole rings is 1. The smallest absolute Gasteiger partial charge is 0.113 e. The molecule has 92 valence electrons. The van der Waals surface area contributed by atoms with Gasteiger partial charge in [0.2, 0.25) is 0 Å². The summed E-state index contributed by atoms with van der Waals surface area (Å²) in [5, 5.41) is 0. The van der Waals surface area contributed by atoms with Crippen molar-refractivity contribution in [1.82, 2.24) is 14.5 Å². The van der Waals surface area contributed by atoms with Crippen molar-refractivity contribution in [1.29, 1.82) is 0 Å². The van der Waals surface area contributed by atoms with E-state index >= 15 is 0 Å². The van der Waals surface area contributed by atoms with Gasteiger partial charge >= 0.3 is 0 Å². The molecule has 0 saturated heterocycles. The van der Waals surface area contributed by atoms with E-state index in [1.807, 2.05) is 18.5 Å². The molecule has 0 fully saturated rings. The Kier molecular flexibility index (Phi) is 3.43. The maximum atomic E-state index is 5.64. The van der Waals surface area contributed by atoms with Gasteiger partial charge in [0, 0.05) is 18.2 Å². The van der Waals surface area contributed by atoms with Crippen LogP contribution in [0.3, 0.4) is 0 Å². The molecule has 1 unspecified atom stereocenters. The lowest BCUT2D eigenvalue weighted by atomic mass is 10.1. The SMILES string of the molecule is CC(CCN)c1nc2cnccc2n1C(C)C. The summed E-state index contributed by atoms with van der Waals surface area (Å²) in [6.45, 7) is 7.24. The van der Waals surface area contributed by atoms with Gasteiger partial charge in [-0.1, -0.05) is 6.92 Å². The molecule has 2 aromatic heterocycles. The van der Waals surface area contributed by atoms with Crippen LogP contribution in [0.15, 0.2) is 18.5 Å². The molecule has 2 heterocycles. The van der Waals surface area contributed by atoms with Crippen molar-refractivity contribution in [3.05, 3.63) is 24.3 Å². The highest BCUT2D eigenvalue weighted by Crippen LogP contribution is 2.26. The number of fused-ring (bicyclic) bond motifs is 1. The number of hydrogen-bond donors (Lipinski definition) is 1. The lowest BCUT2D eigenvalue weighted by molar-refractivity contribution is 0.538. The summed E-state index contributed by atoms with van der Waals surface area (Å²) in [4.78, 5) is 8.83. The molecule has 4 nitrogen and oxygen atoms in total. The molecule has 0 radical (unpaired) electrons.